The highest BCUT2D eigenvalue weighted by Crippen LogP contribution is 2.58. The Balaban J connectivity index is 1.84. The molecule has 3 aliphatic rings. The van der Waals surface area contributed by atoms with E-state index in [1.54, 1.807) is 5.57 Å². The van der Waals surface area contributed by atoms with Crippen molar-refractivity contribution in [1.29, 1.82) is 0 Å². The van der Waals surface area contributed by atoms with Gasteiger partial charge < -0.3 is 0 Å². The summed E-state index contributed by atoms with van der Waals surface area (Å²) < 4.78 is 0. The predicted molar refractivity (Wildman–Crippen MR) is 109 cm³/mol. The SMILES string of the molecule is CC[C@@H](C)[C@H]1CCC2C(C#CC3=C(C)[C@@H](C)C[C@H](C)C3)=CCC[C@@]21C. The topological polar surface area (TPSA) is 0 Å². The summed E-state index contributed by atoms with van der Waals surface area (Å²) in [5, 5.41) is 0. The van der Waals surface area contributed by atoms with Gasteiger partial charge in [0.05, 0.1) is 0 Å². The molecule has 0 aromatic carbocycles. The van der Waals surface area contributed by atoms with Crippen molar-refractivity contribution in [3.8, 4) is 11.8 Å². The van der Waals surface area contributed by atoms with Crippen LogP contribution in [-0.4, -0.2) is 0 Å². The summed E-state index contributed by atoms with van der Waals surface area (Å²) in [6.07, 6.45) is 11.7. The Hall–Kier alpha value is -0.960. The minimum atomic E-state index is 0.491. The maximum absolute atomic E-state index is 3.69. The molecular weight excluding hydrogens is 300 g/mol. The normalized spacial score (nSPS) is 39.4. The predicted octanol–water partition coefficient (Wildman–Crippen LogP) is 7.17. The van der Waals surface area contributed by atoms with Crippen LogP contribution in [-0.2, 0) is 0 Å². The number of fused-ring (bicyclic) bond motifs is 1. The average Bonchev–Trinajstić information content (AvgIpc) is 2.93. The second kappa shape index (κ2) is 7.34. The quantitative estimate of drug-likeness (QED) is 0.468. The minimum absolute atomic E-state index is 0.491. The number of hydrogen-bond acceptors (Lipinski definition) is 0. The lowest BCUT2D eigenvalue weighted by Crippen LogP contribution is -2.34. The van der Waals surface area contributed by atoms with Gasteiger partial charge in [-0.15, -0.1) is 0 Å². The van der Waals surface area contributed by atoms with Crippen molar-refractivity contribution in [2.75, 3.05) is 0 Å². The van der Waals surface area contributed by atoms with Crippen LogP contribution >= 0.6 is 0 Å². The highest BCUT2D eigenvalue weighted by atomic mass is 14.5. The van der Waals surface area contributed by atoms with Gasteiger partial charge in [-0.3, -0.25) is 0 Å². The standard InChI is InChI=1S/C25H38/c1-7-18(3)23-12-13-24-21(9-8-14-25(23,24)6)10-11-22-16-17(2)15-19(4)20(22)5/h9,17-19,23-24H,7-8,12-16H2,1-6H3/t17-,18+,19-,23+,24?,25+/m0/s1. The van der Waals surface area contributed by atoms with Crippen LogP contribution in [0, 0.1) is 46.8 Å². The first-order chi connectivity index (χ1) is 11.9. The fourth-order valence-electron chi connectivity index (χ4n) is 6.14. The molecule has 0 amide bonds. The summed E-state index contributed by atoms with van der Waals surface area (Å²) in [6, 6.07) is 0. The molecule has 3 rings (SSSR count). The van der Waals surface area contributed by atoms with E-state index in [1.807, 2.05) is 0 Å². The molecule has 0 N–H and O–H groups in total. The van der Waals surface area contributed by atoms with Crippen molar-refractivity contribution in [2.24, 2.45) is 35.0 Å². The molecule has 1 saturated carbocycles. The first-order valence-electron chi connectivity index (χ1n) is 10.8. The van der Waals surface area contributed by atoms with Gasteiger partial charge in [-0.05, 0) is 80.5 Å². The van der Waals surface area contributed by atoms with Crippen LogP contribution in [0.4, 0.5) is 0 Å². The highest BCUT2D eigenvalue weighted by molar-refractivity contribution is 5.44. The van der Waals surface area contributed by atoms with E-state index < -0.39 is 0 Å². The lowest BCUT2D eigenvalue weighted by molar-refractivity contribution is 0.112. The zero-order chi connectivity index (χ0) is 18.2. The van der Waals surface area contributed by atoms with E-state index in [1.165, 1.54) is 56.1 Å². The Morgan fingerprint density at radius 2 is 2.00 bits per heavy atom. The van der Waals surface area contributed by atoms with Gasteiger partial charge >= 0.3 is 0 Å². The van der Waals surface area contributed by atoms with Crippen LogP contribution in [0.25, 0.3) is 0 Å². The first kappa shape index (κ1) is 18.8. The third-order valence-electron chi connectivity index (χ3n) is 8.04. The van der Waals surface area contributed by atoms with Crippen molar-refractivity contribution >= 4 is 0 Å². The molecule has 25 heavy (non-hydrogen) atoms. The molecule has 0 aromatic heterocycles. The van der Waals surface area contributed by atoms with Crippen molar-refractivity contribution in [3.05, 3.63) is 22.8 Å². The molecule has 0 spiro atoms. The molecule has 3 aliphatic carbocycles. The second-order valence-corrected chi connectivity index (χ2v) is 9.68. The van der Waals surface area contributed by atoms with Crippen LogP contribution in [0.1, 0.15) is 86.5 Å². The summed E-state index contributed by atoms with van der Waals surface area (Å²) in [5.74, 6) is 11.3. The molecule has 1 unspecified atom stereocenters. The van der Waals surface area contributed by atoms with Crippen LogP contribution < -0.4 is 0 Å². The lowest BCUT2D eigenvalue weighted by Gasteiger charge is -2.42. The Bertz CT molecular complexity index is 622. The van der Waals surface area contributed by atoms with Gasteiger partial charge in [0.2, 0.25) is 0 Å². The molecule has 138 valence electrons. The molecule has 6 atom stereocenters. The molecule has 0 bridgehead atoms. The van der Waals surface area contributed by atoms with Crippen molar-refractivity contribution in [3.63, 3.8) is 0 Å². The fourth-order valence-corrected chi connectivity index (χ4v) is 6.14. The van der Waals surface area contributed by atoms with E-state index in [0.29, 0.717) is 17.3 Å². The van der Waals surface area contributed by atoms with Gasteiger partial charge in [-0.2, -0.15) is 0 Å². The van der Waals surface area contributed by atoms with E-state index in [0.717, 1.165) is 17.8 Å². The molecule has 0 heterocycles. The zero-order valence-electron chi connectivity index (χ0n) is 17.4. The monoisotopic (exact) mass is 338 g/mol. The summed E-state index contributed by atoms with van der Waals surface area (Å²) in [7, 11) is 0. The number of allylic oxidation sites excluding steroid dienone is 4. The fraction of sp³-hybridized carbons (Fsp3) is 0.760. The van der Waals surface area contributed by atoms with E-state index in [4.69, 9.17) is 0 Å². The average molecular weight is 339 g/mol. The van der Waals surface area contributed by atoms with Gasteiger partial charge in [0.25, 0.3) is 0 Å². The highest BCUT2D eigenvalue weighted by Gasteiger charge is 2.49. The van der Waals surface area contributed by atoms with E-state index in [2.05, 4.69) is 59.5 Å². The zero-order valence-corrected chi connectivity index (χ0v) is 17.4. The summed E-state index contributed by atoms with van der Waals surface area (Å²) in [6.45, 7) is 14.5. The summed E-state index contributed by atoms with van der Waals surface area (Å²) in [4.78, 5) is 0. The van der Waals surface area contributed by atoms with Crippen LogP contribution in [0.3, 0.4) is 0 Å². The maximum Gasteiger partial charge on any atom is 0.00206 e. The molecule has 0 aliphatic heterocycles. The Morgan fingerprint density at radius 1 is 1.24 bits per heavy atom. The first-order valence-corrected chi connectivity index (χ1v) is 10.8. The Kier molecular flexibility index (Phi) is 5.53. The number of rotatable bonds is 2. The van der Waals surface area contributed by atoms with Gasteiger partial charge in [0, 0.05) is 11.1 Å². The van der Waals surface area contributed by atoms with Crippen LogP contribution in [0.5, 0.6) is 0 Å². The molecule has 0 heteroatoms. The molecule has 1 fully saturated rings. The van der Waals surface area contributed by atoms with Crippen molar-refractivity contribution in [2.45, 2.75) is 86.5 Å². The minimum Gasteiger partial charge on any atom is -0.0726 e. The Morgan fingerprint density at radius 3 is 2.72 bits per heavy atom. The van der Waals surface area contributed by atoms with E-state index in [-0.39, 0.29) is 0 Å². The molecule has 0 nitrogen and oxygen atoms in total. The summed E-state index contributed by atoms with van der Waals surface area (Å²) >= 11 is 0. The van der Waals surface area contributed by atoms with Crippen LogP contribution in [0.15, 0.2) is 22.8 Å². The Labute approximate surface area is 156 Å². The van der Waals surface area contributed by atoms with Crippen molar-refractivity contribution < 1.29 is 0 Å². The molecule has 0 saturated heterocycles. The molecule has 0 aromatic rings. The van der Waals surface area contributed by atoms with E-state index >= 15 is 0 Å². The van der Waals surface area contributed by atoms with Gasteiger partial charge in [-0.25, -0.2) is 0 Å². The smallest absolute Gasteiger partial charge is 0.00206 e. The van der Waals surface area contributed by atoms with Crippen LogP contribution in [0.2, 0.25) is 0 Å². The summed E-state index contributed by atoms with van der Waals surface area (Å²) in [5.41, 5.74) is 4.96. The van der Waals surface area contributed by atoms with Gasteiger partial charge in [0.15, 0.2) is 0 Å². The molecular formula is C25H38. The third-order valence-corrected chi connectivity index (χ3v) is 8.04. The molecule has 0 radical (unpaired) electrons. The second-order valence-electron chi connectivity index (χ2n) is 9.68. The van der Waals surface area contributed by atoms with Gasteiger partial charge in [0.1, 0.15) is 0 Å². The maximum atomic E-state index is 3.69. The van der Waals surface area contributed by atoms with E-state index in [9.17, 15) is 0 Å². The third kappa shape index (κ3) is 3.49. The number of hydrogen-bond donors (Lipinski definition) is 0. The lowest BCUT2D eigenvalue weighted by atomic mass is 9.62. The van der Waals surface area contributed by atoms with Gasteiger partial charge in [-0.1, -0.05) is 64.5 Å². The van der Waals surface area contributed by atoms with Crippen molar-refractivity contribution in [1.82, 2.24) is 0 Å². The largest absolute Gasteiger partial charge is 0.0726 e.